The average Bonchev–Trinajstić information content (AvgIpc) is 3.42. The maximum absolute atomic E-state index is 13.0. The van der Waals surface area contributed by atoms with Crippen LogP contribution in [0.1, 0.15) is 44.9 Å². The van der Waals surface area contributed by atoms with E-state index < -0.39 is 6.04 Å². The number of aromatic nitrogens is 1. The van der Waals surface area contributed by atoms with Crippen molar-refractivity contribution in [2.45, 2.75) is 51.0 Å². The minimum Gasteiger partial charge on any atom is -0.454 e. The number of anilines is 1. The monoisotopic (exact) mass is 393 g/mol. The van der Waals surface area contributed by atoms with Gasteiger partial charge in [-0.05, 0) is 55.9 Å². The summed E-state index contributed by atoms with van der Waals surface area (Å²) in [4.78, 5) is 31.6. The molecule has 6 heteroatoms. The minimum atomic E-state index is -0.407. The van der Waals surface area contributed by atoms with E-state index in [9.17, 15) is 9.59 Å². The van der Waals surface area contributed by atoms with Crippen LogP contribution in [0.25, 0.3) is 0 Å². The SMILES string of the molecule is O=C(Nc1ccccc1Oc1cccnc1)C1CCCN1C(=O)CC1CCCC1. The van der Waals surface area contributed by atoms with Gasteiger partial charge in [-0.15, -0.1) is 0 Å². The second-order valence-electron chi connectivity index (χ2n) is 7.88. The fourth-order valence-corrected chi connectivity index (χ4v) is 4.33. The third-order valence-electron chi connectivity index (χ3n) is 5.82. The Morgan fingerprint density at radius 3 is 2.69 bits per heavy atom. The normalized spacial score (nSPS) is 19.3. The molecular weight excluding hydrogens is 366 g/mol. The van der Waals surface area contributed by atoms with E-state index in [1.165, 1.54) is 12.8 Å². The molecular formula is C23H27N3O3. The topological polar surface area (TPSA) is 71.5 Å². The smallest absolute Gasteiger partial charge is 0.247 e. The van der Waals surface area contributed by atoms with Crippen molar-refractivity contribution in [3.63, 3.8) is 0 Å². The second-order valence-corrected chi connectivity index (χ2v) is 7.88. The molecule has 0 spiro atoms. The van der Waals surface area contributed by atoms with Gasteiger partial charge in [-0.25, -0.2) is 0 Å². The minimum absolute atomic E-state index is 0.120. The van der Waals surface area contributed by atoms with Gasteiger partial charge in [-0.3, -0.25) is 14.6 Å². The molecule has 1 aliphatic carbocycles. The van der Waals surface area contributed by atoms with Crippen LogP contribution in [0.5, 0.6) is 11.5 Å². The largest absolute Gasteiger partial charge is 0.454 e. The van der Waals surface area contributed by atoms with E-state index in [0.717, 1.165) is 19.3 Å². The van der Waals surface area contributed by atoms with E-state index >= 15 is 0 Å². The number of nitrogens with one attached hydrogen (secondary N) is 1. The standard InChI is InChI=1S/C23H27N3O3/c27-22(15-17-7-1-2-8-17)26-14-6-11-20(26)23(28)25-19-10-3-4-12-21(19)29-18-9-5-13-24-16-18/h3-5,9-10,12-13,16-17,20H,1-2,6-8,11,14-15H2,(H,25,28). The van der Waals surface area contributed by atoms with E-state index in [0.29, 0.717) is 42.5 Å². The van der Waals surface area contributed by atoms with Gasteiger partial charge < -0.3 is 15.0 Å². The van der Waals surface area contributed by atoms with Gasteiger partial charge in [0.2, 0.25) is 11.8 Å². The summed E-state index contributed by atoms with van der Waals surface area (Å²) in [6, 6.07) is 10.5. The first-order chi connectivity index (χ1) is 14.2. The highest BCUT2D eigenvalue weighted by Crippen LogP contribution is 2.31. The van der Waals surface area contributed by atoms with Crippen LogP contribution in [0, 0.1) is 5.92 Å². The van der Waals surface area contributed by atoms with Crippen LogP contribution in [0.3, 0.4) is 0 Å². The number of benzene rings is 1. The molecule has 2 fully saturated rings. The third kappa shape index (κ3) is 4.75. The molecule has 1 aromatic heterocycles. The summed E-state index contributed by atoms with van der Waals surface area (Å²) in [5.41, 5.74) is 0.594. The van der Waals surface area contributed by atoms with E-state index in [1.807, 2.05) is 24.3 Å². The third-order valence-corrected chi connectivity index (χ3v) is 5.82. The number of para-hydroxylation sites is 2. The van der Waals surface area contributed by atoms with Crippen molar-refractivity contribution in [3.8, 4) is 11.5 Å². The van der Waals surface area contributed by atoms with Crippen molar-refractivity contribution in [2.75, 3.05) is 11.9 Å². The van der Waals surface area contributed by atoms with Gasteiger partial charge in [-0.2, -0.15) is 0 Å². The molecule has 2 aliphatic rings. The number of ether oxygens (including phenoxy) is 1. The van der Waals surface area contributed by atoms with Crippen molar-refractivity contribution in [2.24, 2.45) is 5.92 Å². The Bertz CT molecular complexity index is 849. The van der Waals surface area contributed by atoms with Crippen LogP contribution >= 0.6 is 0 Å². The molecule has 6 nitrogen and oxygen atoms in total. The Labute approximate surface area is 171 Å². The summed E-state index contributed by atoms with van der Waals surface area (Å²) in [5, 5.41) is 2.97. The highest BCUT2D eigenvalue weighted by atomic mass is 16.5. The number of hydrogen-bond acceptors (Lipinski definition) is 4. The van der Waals surface area contributed by atoms with E-state index in [1.54, 1.807) is 29.4 Å². The van der Waals surface area contributed by atoms with Gasteiger partial charge in [0.05, 0.1) is 11.9 Å². The molecule has 1 unspecified atom stereocenters. The van der Waals surface area contributed by atoms with E-state index in [4.69, 9.17) is 4.74 Å². The quantitative estimate of drug-likeness (QED) is 0.790. The van der Waals surface area contributed by atoms with Crippen LogP contribution in [0.2, 0.25) is 0 Å². The zero-order valence-corrected chi connectivity index (χ0v) is 16.5. The molecule has 1 saturated heterocycles. The summed E-state index contributed by atoms with van der Waals surface area (Å²) in [5.74, 6) is 1.61. The van der Waals surface area contributed by atoms with Crippen LogP contribution in [0.15, 0.2) is 48.8 Å². The van der Waals surface area contributed by atoms with E-state index in [-0.39, 0.29) is 11.8 Å². The first-order valence-electron chi connectivity index (χ1n) is 10.5. The van der Waals surface area contributed by atoms with Crippen molar-refractivity contribution < 1.29 is 14.3 Å². The highest BCUT2D eigenvalue weighted by molar-refractivity contribution is 5.98. The van der Waals surface area contributed by atoms with Crippen LogP contribution < -0.4 is 10.1 Å². The molecule has 152 valence electrons. The zero-order valence-electron chi connectivity index (χ0n) is 16.5. The second kappa shape index (κ2) is 9.07. The molecule has 29 heavy (non-hydrogen) atoms. The molecule has 2 aromatic rings. The average molecular weight is 393 g/mol. The summed E-state index contributed by atoms with van der Waals surface area (Å²) in [6.45, 7) is 0.664. The lowest BCUT2D eigenvalue weighted by atomic mass is 10.0. The molecule has 1 atom stereocenters. The number of hydrogen-bond donors (Lipinski definition) is 1. The predicted molar refractivity (Wildman–Crippen MR) is 111 cm³/mol. The first kappa shape index (κ1) is 19.4. The molecule has 1 aliphatic heterocycles. The molecule has 2 amide bonds. The Morgan fingerprint density at radius 1 is 1.07 bits per heavy atom. The molecule has 1 aromatic carbocycles. The number of likely N-dealkylation sites (tertiary alicyclic amines) is 1. The summed E-state index contributed by atoms with van der Waals surface area (Å²) in [7, 11) is 0. The molecule has 0 radical (unpaired) electrons. The fourth-order valence-electron chi connectivity index (χ4n) is 4.33. The number of pyridine rings is 1. The number of nitrogens with zero attached hydrogens (tertiary/aromatic N) is 2. The van der Waals surface area contributed by atoms with Gasteiger partial charge in [0.1, 0.15) is 11.8 Å². The first-order valence-corrected chi connectivity index (χ1v) is 10.5. The van der Waals surface area contributed by atoms with Crippen molar-refractivity contribution in [1.82, 2.24) is 9.88 Å². The van der Waals surface area contributed by atoms with Gasteiger partial charge in [0.15, 0.2) is 5.75 Å². The van der Waals surface area contributed by atoms with E-state index in [2.05, 4.69) is 10.3 Å². The van der Waals surface area contributed by atoms with Gasteiger partial charge in [0.25, 0.3) is 0 Å². The Hall–Kier alpha value is -2.89. The Kier molecular flexibility index (Phi) is 6.08. The number of carbonyl (C=O) groups excluding carboxylic acids is 2. The van der Waals surface area contributed by atoms with Crippen molar-refractivity contribution in [1.29, 1.82) is 0 Å². The van der Waals surface area contributed by atoms with Crippen molar-refractivity contribution in [3.05, 3.63) is 48.8 Å². The van der Waals surface area contributed by atoms with Crippen LogP contribution in [-0.4, -0.2) is 34.3 Å². The van der Waals surface area contributed by atoms with Gasteiger partial charge >= 0.3 is 0 Å². The Balaban J connectivity index is 1.42. The highest BCUT2D eigenvalue weighted by Gasteiger charge is 2.35. The molecule has 4 rings (SSSR count). The molecule has 2 heterocycles. The maximum atomic E-state index is 13.0. The molecule has 0 bridgehead atoms. The lowest BCUT2D eigenvalue weighted by molar-refractivity contribution is -0.137. The zero-order chi connectivity index (χ0) is 20.1. The summed E-state index contributed by atoms with van der Waals surface area (Å²) >= 11 is 0. The van der Waals surface area contributed by atoms with Gasteiger partial charge in [-0.1, -0.05) is 25.0 Å². The number of carbonyl (C=O) groups is 2. The number of rotatable bonds is 6. The van der Waals surface area contributed by atoms with Crippen molar-refractivity contribution >= 4 is 17.5 Å². The number of amides is 2. The molecule has 1 N–H and O–H groups in total. The molecule has 1 saturated carbocycles. The Morgan fingerprint density at radius 2 is 1.90 bits per heavy atom. The van der Waals surface area contributed by atoms with Crippen LogP contribution in [-0.2, 0) is 9.59 Å². The lowest BCUT2D eigenvalue weighted by Gasteiger charge is -2.25. The maximum Gasteiger partial charge on any atom is 0.247 e. The summed E-state index contributed by atoms with van der Waals surface area (Å²) in [6.07, 6.45) is 10.1. The van der Waals surface area contributed by atoms with Crippen LogP contribution in [0.4, 0.5) is 5.69 Å². The fraction of sp³-hybridized carbons (Fsp3) is 0.435. The van der Waals surface area contributed by atoms with Gasteiger partial charge in [0, 0.05) is 19.2 Å². The lowest BCUT2D eigenvalue weighted by Crippen LogP contribution is -2.43. The summed E-state index contributed by atoms with van der Waals surface area (Å²) < 4.78 is 5.88. The predicted octanol–water partition coefficient (Wildman–Crippen LogP) is 4.38.